The van der Waals surface area contributed by atoms with Crippen molar-refractivity contribution in [2.45, 2.75) is 13.8 Å². The number of hydrogen-bond donors (Lipinski definition) is 3. The van der Waals surface area contributed by atoms with Gasteiger partial charge in [0.05, 0.1) is 0 Å². The minimum atomic E-state index is -0.183. The highest BCUT2D eigenvalue weighted by atomic mass is 16.1. The minimum Gasteiger partial charge on any atom is -0.340 e. The summed E-state index contributed by atoms with van der Waals surface area (Å²) in [6.07, 6.45) is 3.18. The van der Waals surface area contributed by atoms with E-state index in [2.05, 4.69) is 37.8 Å². The molecule has 2 aromatic carbocycles. The molecule has 0 spiro atoms. The van der Waals surface area contributed by atoms with Crippen LogP contribution in [0, 0.1) is 13.8 Å². The monoisotopic (exact) mass is 410 g/mol. The Morgan fingerprint density at radius 2 is 1.35 bits per heavy atom. The molecule has 0 atom stereocenters. The zero-order valence-electron chi connectivity index (χ0n) is 17.3. The van der Waals surface area contributed by atoms with Gasteiger partial charge in [-0.05, 0) is 62.4 Å². The fraction of sp³-hybridized carbons (Fsp3) is 0.0833. The number of nitrogens with zero attached hydrogens (tertiary/aromatic N) is 3. The zero-order valence-corrected chi connectivity index (χ0v) is 17.3. The number of benzene rings is 2. The maximum absolute atomic E-state index is 12.3. The third-order valence-electron chi connectivity index (χ3n) is 4.52. The molecule has 0 aliphatic rings. The van der Waals surface area contributed by atoms with Crippen LogP contribution in [0.3, 0.4) is 0 Å². The van der Waals surface area contributed by atoms with Crippen molar-refractivity contribution in [1.29, 1.82) is 0 Å². The first-order valence-corrected chi connectivity index (χ1v) is 9.83. The average Bonchev–Trinajstić information content (AvgIpc) is 2.77. The molecule has 0 radical (unpaired) electrons. The van der Waals surface area contributed by atoms with Crippen LogP contribution in [0.5, 0.6) is 0 Å². The first-order valence-electron chi connectivity index (χ1n) is 9.83. The zero-order chi connectivity index (χ0) is 21.6. The fourth-order valence-electron chi connectivity index (χ4n) is 2.95. The topological polar surface area (TPSA) is 91.8 Å². The number of amides is 1. The number of pyridine rings is 1. The Hall–Kier alpha value is -4.26. The van der Waals surface area contributed by atoms with Gasteiger partial charge in [-0.1, -0.05) is 17.7 Å². The molecule has 154 valence electrons. The second kappa shape index (κ2) is 9.04. The van der Waals surface area contributed by atoms with Crippen molar-refractivity contribution in [2.75, 3.05) is 16.0 Å². The van der Waals surface area contributed by atoms with Gasteiger partial charge in [0.1, 0.15) is 5.82 Å². The third-order valence-corrected chi connectivity index (χ3v) is 4.52. The predicted octanol–water partition coefficient (Wildman–Crippen LogP) is 5.23. The molecule has 1 amide bonds. The van der Waals surface area contributed by atoms with Crippen LogP contribution in [-0.4, -0.2) is 20.9 Å². The summed E-state index contributed by atoms with van der Waals surface area (Å²) in [5, 5.41) is 9.37. The van der Waals surface area contributed by atoms with Crippen LogP contribution in [0.4, 0.5) is 28.8 Å². The largest absolute Gasteiger partial charge is 0.340 e. The van der Waals surface area contributed by atoms with Crippen LogP contribution in [0.1, 0.15) is 21.6 Å². The molecule has 0 saturated carbocycles. The maximum atomic E-state index is 12.3. The number of nitrogens with one attached hydrogen (secondary N) is 3. The molecule has 4 rings (SSSR count). The van der Waals surface area contributed by atoms with E-state index in [0.717, 1.165) is 17.1 Å². The minimum absolute atomic E-state index is 0.183. The van der Waals surface area contributed by atoms with Gasteiger partial charge in [-0.3, -0.25) is 9.78 Å². The number of hydrogen-bond acceptors (Lipinski definition) is 6. The molecule has 0 fully saturated rings. The van der Waals surface area contributed by atoms with Gasteiger partial charge in [-0.25, -0.2) is 4.98 Å². The van der Waals surface area contributed by atoms with Gasteiger partial charge in [0.25, 0.3) is 5.91 Å². The van der Waals surface area contributed by atoms with E-state index in [1.807, 2.05) is 61.5 Å². The van der Waals surface area contributed by atoms with Crippen LogP contribution in [-0.2, 0) is 0 Å². The van der Waals surface area contributed by atoms with Crippen molar-refractivity contribution in [3.05, 3.63) is 95.9 Å². The van der Waals surface area contributed by atoms with E-state index in [-0.39, 0.29) is 5.91 Å². The molecule has 2 heterocycles. The molecule has 0 bridgehead atoms. The highest BCUT2D eigenvalue weighted by Crippen LogP contribution is 2.21. The second-order valence-corrected chi connectivity index (χ2v) is 7.10. The lowest BCUT2D eigenvalue weighted by molar-refractivity contribution is 0.102. The molecule has 0 aliphatic heterocycles. The Balaban J connectivity index is 1.43. The molecule has 0 unspecified atom stereocenters. The number of rotatable bonds is 6. The van der Waals surface area contributed by atoms with E-state index >= 15 is 0 Å². The van der Waals surface area contributed by atoms with E-state index in [1.54, 1.807) is 24.5 Å². The van der Waals surface area contributed by atoms with Crippen molar-refractivity contribution in [3.8, 4) is 0 Å². The Kier molecular flexibility index (Phi) is 5.84. The van der Waals surface area contributed by atoms with Gasteiger partial charge >= 0.3 is 0 Å². The van der Waals surface area contributed by atoms with Crippen LogP contribution in [0.2, 0.25) is 0 Å². The summed E-state index contributed by atoms with van der Waals surface area (Å²) >= 11 is 0. The van der Waals surface area contributed by atoms with Gasteiger partial charge < -0.3 is 16.0 Å². The molecule has 4 aromatic rings. The van der Waals surface area contributed by atoms with Crippen LogP contribution >= 0.6 is 0 Å². The van der Waals surface area contributed by atoms with Crippen molar-refractivity contribution < 1.29 is 4.79 Å². The van der Waals surface area contributed by atoms with Crippen molar-refractivity contribution in [1.82, 2.24) is 15.0 Å². The Bertz CT molecular complexity index is 1180. The standard InChI is InChI=1S/C24H22N6O/c1-16-3-5-19(6-4-16)27-22-15-17(2)26-24(30-22)29-21-9-7-20(8-10-21)28-23(31)18-11-13-25-14-12-18/h3-15H,1-2H3,(H,28,31)(H2,26,27,29,30). The van der Waals surface area contributed by atoms with Crippen molar-refractivity contribution >= 4 is 34.7 Å². The molecular weight excluding hydrogens is 388 g/mol. The van der Waals surface area contributed by atoms with Gasteiger partial charge in [0.2, 0.25) is 5.95 Å². The second-order valence-electron chi connectivity index (χ2n) is 7.10. The molecular formula is C24H22N6O. The number of anilines is 5. The average molecular weight is 410 g/mol. The predicted molar refractivity (Wildman–Crippen MR) is 123 cm³/mol. The first-order chi connectivity index (χ1) is 15.0. The smallest absolute Gasteiger partial charge is 0.255 e. The van der Waals surface area contributed by atoms with Gasteiger partial charge in [0.15, 0.2) is 0 Å². The van der Waals surface area contributed by atoms with E-state index < -0.39 is 0 Å². The summed E-state index contributed by atoms with van der Waals surface area (Å²) < 4.78 is 0. The summed E-state index contributed by atoms with van der Waals surface area (Å²) in [6.45, 7) is 3.97. The summed E-state index contributed by atoms with van der Waals surface area (Å²) in [5.41, 5.74) is 5.07. The lowest BCUT2D eigenvalue weighted by Gasteiger charge is -2.11. The molecule has 7 heteroatoms. The van der Waals surface area contributed by atoms with Crippen molar-refractivity contribution in [3.63, 3.8) is 0 Å². The summed E-state index contributed by atoms with van der Waals surface area (Å²) in [7, 11) is 0. The van der Waals surface area contributed by atoms with Gasteiger partial charge in [-0.2, -0.15) is 4.98 Å². The molecule has 31 heavy (non-hydrogen) atoms. The highest BCUT2D eigenvalue weighted by molar-refractivity contribution is 6.04. The quantitative estimate of drug-likeness (QED) is 0.403. The summed E-state index contributed by atoms with van der Waals surface area (Å²) in [5.74, 6) is 1.01. The third kappa shape index (κ3) is 5.42. The van der Waals surface area contributed by atoms with E-state index in [0.29, 0.717) is 23.0 Å². The number of aryl methyl sites for hydroxylation is 2. The Morgan fingerprint density at radius 1 is 0.742 bits per heavy atom. The Labute approximate surface area is 180 Å². The lowest BCUT2D eigenvalue weighted by atomic mass is 10.2. The Morgan fingerprint density at radius 3 is 2.06 bits per heavy atom. The maximum Gasteiger partial charge on any atom is 0.255 e. The first kappa shape index (κ1) is 20.0. The summed E-state index contributed by atoms with van der Waals surface area (Å²) in [4.78, 5) is 25.2. The number of aromatic nitrogens is 3. The molecule has 7 nitrogen and oxygen atoms in total. The van der Waals surface area contributed by atoms with Crippen molar-refractivity contribution in [2.24, 2.45) is 0 Å². The van der Waals surface area contributed by atoms with Gasteiger partial charge in [0, 0.05) is 46.8 Å². The van der Waals surface area contributed by atoms with E-state index in [4.69, 9.17) is 0 Å². The summed E-state index contributed by atoms with van der Waals surface area (Å²) in [6, 6.07) is 20.7. The number of carbonyl (C=O) groups is 1. The van der Waals surface area contributed by atoms with E-state index in [1.165, 1.54) is 5.56 Å². The lowest BCUT2D eigenvalue weighted by Crippen LogP contribution is -2.11. The number of carbonyl (C=O) groups excluding carboxylic acids is 1. The van der Waals surface area contributed by atoms with Crippen LogP contribution < -0.4 is 16.0 Å². The fourth-order valence-corrected chi connectivity index (χ4v) is 2.95. The van der Waals surface area contributed by atoms with Crippen LogP contribution in [0.15, 0.2) is 79.1 Å². The van der Waals surface area contributed by atoms with E-state index in [9.17, 15) is 4.79 Å². The molecule has 0 aliphatic carbocycles. The van der Waals surface area contributed by atoms with Crippen LogP contribution in [0.25, 0.3) is 0 Å². The SMILES string of the molecule is Cc1ccc(Nc2cc(C)nc(Nc3ccc(NC(=O)c4ccncc4)cc3)n2)cc1. The molecule has 3 N–H and O–H groups in total. The molecule has 2 aromatic heterocycles. The highest BCUT2D eigenvalue weighted by Gasteiger charge is 2.07. The molecule has 0 saturated heterocycles. The normalized spacial score (nSPS) is 10.4. The van der Waals surface area contributed by atoms with Gasteiger partial charge in [-0.15, -0.1) is 0 Å².